The van der Waals surface area contributed by atoms with Gasteiger partial charge in [-0.15, -0.1) is 0 Å². The molecule has 39 heavy (non-hydrogen) atoms. The molecule has 5 rings (SSSR count). The van der Waals surface area contributed by atoms with Gasteiger partial charge in [0, 0.05) is 30.3 Å². The van der Waals surface area contributed by atoms with Gasteiger partial charge in [0.1, 0.15) is 11.5 Å². The zero-order valence-corrected chi connectivity index (χ0v) is 25.2. The van der Waals surface area contributed by atoms with Gasteiger partial charge in [0.15, 0.2) is 0 Å². The number of carbonyl (C=O) groups excluding carboxylic acids is 1. The molecule has 4 heteroatoms. The van der Waals surface area contributed by atoms with Crippen LogP contribution in [0.5, 0.6) is 5.75 Å². The van der Waals surface area contributed by atoms with E-state index in [1.54, 1.807) is 0 Å². The van der Waals surface area contributed by atoms with Gasteiger partial charge in [-0.2, -0.15) is 0 Å². The molecule has 4 fully saturated rings. The monoisotopic (exact) mass is 537 g/mol. The Kier molecular flexibility index (Phi) is 9.13. The maximum Gasteiger partial charge on any atom is 0.133 e. The summed E-state index contributed by atoms with van der Waals surface area (Å²) >= 11 is 0. The summed E-state index contributed by atoms with van der Waals surface area (Å²) in [5.41, 5.74) is 1.66. The number of hydrogen-bond acceptors (Lipinski definition) is 4. The number of aliphatic hydroxyl groups is 1. The summed E-state index contributed by atoms with van der Waals surface area (Å²) in [6.45, 7) is 9.99. The summed E-state index contributed by atoms with van der Waals surface area (Å²) < 4.78 is 6.46. The maximum absolute atomic E-state index is 12.2. The second-order valence-electron chi connectivity index (χ2n) is 14.0. The zero-order chi connectivity index (χ0) is 27.6. The number of carbonyl (C=O) groups is 1. The average Bonchev–Trinajstić information content (AvgIpc) is 3.28. The minimum absolute atomic E-state index is 0.00817. The first-order valence-corrected chi connectivity index (χ1v) is 16.5. The van der Waals surface area contributed by atoms with Crippen LogP contribution in [0.25, 0.3) is 0 Å². The molecule has 0 radical (unpaired) electrons. The summed E-state index contributed by atoms with van der Waals surface area (Å²) in [6, 6.07) is 9.66. The number of hydrogen-bond donors (Lipinski definition) is 2. The Morgan fingerprint density at radius 1 is 1.05 bits per heavy atom. The lowest BCUT2D eigenvalue weighted by atomic mass is 9.44. The molecule has 4 nitrogen and oxygen atoms in total. The third-order valence-corrected chi connectivity index (χ3v) is 12.2. The maximum atomic E-state index is 12.2. The Morgan fingerprint density at radius 2 is 1.87 bits per heavy atom. The predicted molar refractivity (Wildman–Crippen MR) is 159 cm³/mol. The van der Waals surface area contributed by atoms with E-state index in [0.717, 1.165) is 82.3 Å². The lowest BCUT2D eigenvalue weighted by molar-refractivity contribution is -0.145. The number of nitrogens with one attached hydrogen (secondary N) is 1. The van der Waals surface area contributed by atoms with Crippen LogP contribution in [0.3, 0.4) is 0 Å². The van der Waals surface area contributed by atoms with Gasteiger partial charge in [-0.3, -0.25) is 4.79 Å². The van der Waals surface area contributed by atoms with Crippen LogP contribution in [0.15, 0.2) is 24.3 Å². The predicted octanol–water partition coefficient (Wildman–Crippen LogP) is 8.03. The van der Waals surface area contributed by atoms with Gasteiger partial charge in [-0.1, -0.05) is 46.2 Å². The van der Waals surface area contributed by atoms with E-state index in [1.807, 2.05) is 0 Å². The summed E-state index contributed by atoms with van der Waals surface area (Å²) in [7, 11) is 0. The minimum atomic E-state index is -0.199. The lowest BCUT2D eigenvalue weighted by Crippen LogP contribution is -2.55. The SMILES string of the molecule is CCCC(NC(CC)CC)c1cccc(OCC[C@]23CCC4C(CCC5CC(=O)CC[C@@]54C)C2CC[C@@H]3O)c1. The van der Waals surface area contributed by atoms with Gasteiger partial charge in [0.05, 0.1) is 12.7 Å². The van der Waals surface area contributed by atoms with E-state index in [2.05, 4.69) is 57.3 Å². The van der Waals surface area contributed by atoms with Gasteiger partial charge >= 0.3 is 0 Å². The van der Waals surface area contributed by atoms with Crippen molar-refractivity contribution in [3.05, 3.63) is 29.8 Å². The molecule has 0 bridgehead atoms. The van der Waals surface area contributed by atoms with Crippen molar-refractivity contribution in [2.45, 2.75) is 136 Å². The van der Waals surface area contributed by atoms with Gasteiger partial charge in [-0.05, 0) is 117 Å². The summed E-state index contributed by atoms with van der Waals surface area (Å²) in [5, 5.41) is 15.3. The molecule has 0 aromatic heterocycles. The molecule has 1 aromatic rings. The third kappa shape index (κ3) is 5.59. The normalized spacial score (nSPS) is 36.8. The summed E-state index contributed by atoms with van der Waals surface area (Å²) in [5.74, 6) is 4.09. The Hall–Kier alpha value is -1.39. The topological polar surface area (TPSA) is 58.6 Å². The van der Waals surface area contributed by atoms with Gasteiger partial charge in [-0.25, -0.2) is 0 Å². The highest BCUT2D eigenvalue weighted by Crippen LogP contribution is 2.66. The molecule has 0 saturated heterocycles. The molecule has 1 aromatic carbocycles. The van der Waals surface area contributed by atoms with Crippen LogP contribution in [0, 0.1) is 34.5 Å². The quantitative estimate of drug-likeness (QED) is 0.300. The summed E-state index contributed by atoms with van der Waals surface area (Å²) in [6.07, 6.45) is 14.9. The number of ketones is 1. The van der Waals surface area contributed by atoms with Crippen molar-refractivity contribution in [2.24, 2.45) is 34.5 Å². The Labute approximate surface area is 238 Å². The fourth-order valence-corrected chi connectivity index (χ4v) is 9.93. The number of benzene rings is 1. The van der Waals surface area contributed by atoms with E-state index in [0.29, 0.717) is 47.6 Å². The Morgan fingerprint density at radius 3 is 2.64 bits per heavy atom. The number of rotatable bonds is 11. The van der Waals surface area contributed by atoms with Crippen LogP contribution in [-0.2, 0) is 4.79 Å². The van der Waals surface area contributed by atoms with E-state index in [4.69, 9.17) is 4.74 Å². The van der Waals surface area contributed by atoms with Crippen molar-refractivity contribution in [2.75, 3.05) is 6.61 Å². The van der Waals surface area contributed by atoms with Crippen molar-refractivity contribution in [1.29, 1.82) is 0 Å². The van der Waals surface area contributed by atoms with Crippen molar-refractivity contribution in [3.63, 3.8) is 0 Å². The molecule has 8 atom stereocenters. The van der Waals surface area contributed by atoms with Crippen molar-refractivity contribution >= 4 is 5.78 Å². The van der Waals surface area contributed by atoms with Gasteiger partial charge in [0.25, 0.3) is 0 Å². The highest BCUT2D eigenvalue weighted by molar-refractivity contribution is 5.79. The Bertz CT molecular complexity index is 974. The molecule has 5 unspecified atom stereocenters. The van der Waals surface area contributed by atoms with E-state index in [9.17, 15) is 9.90 Å². The molecule has 4 aliphatic carbocycles. The van der Waals surface area contributed by atoms with E-state index in [1.165, 1.54) is 24.8 Å². The molecule has 0 amide bonds. The second kappa shape index (κ2) is 12.2. The smallest absolute Gasteiger partial charge is 0.133 e. The van der Waals surface area contributed by atoms with Crippen LogP contribution >= 0.6 is 0 Å². The van der Waals surface area contributed by atoms with Crippen LogP contribution in [0.1, 0.15) is 129 Å². The lowest BCUT2D eigenvalue weighted by Gasteiger charge is -2.60. The van der Waals surface area contributed by atoms with E-state index >= 15 is 0 Å². The molecule has 4 aliphatic rings. The third-order valence-electron chi connectivity index (χ3n) is 12.2. The molecule has 4 saturated carbocycles. The molecule has 0 heterocycles. The molecule has 0 spiro atoms. The van der Waals surface area contributed by atoms with Crippen LogP contribution in [-0.4, -0.2) is 29.6 Å². The molecule has 2 N–H and O–H groups in total. The van der Waals surface area contributed by atoms with Crippen molar-refractivity contribution in [3.8, 4) is 5.75 Å². The van der Waals surface area contributed by atoms with Crippen LogP contribution < -0.4 is 10.1 Å². The second-order valence-corrected chi connectivity index (χ2v) is 14.0. The number of ether oxygens (including phenoxy) is 1. The van der Waals surface area contributed by atoms with Gasteiger partial charge < -0.3 is 15.2 Å². The van der Waals surface area contributed by atoms with Crippen LogP contribution in [0.2, 0.25) is 0 Å². The number of aliphatic hydroxyl groups excluding tert-OH is 1. The standard InChI is InChI=1S/C35H55NO3/c1-5-9-32(36-26(6-2)7-3)24-10-8-11-28(22-24)39-21-20-35-19-17-30-29(31(35)14-15-33(35)38)13-12-25-23-27(37)16-18-34(25,30)4/h8,10-11,22,25-26,29-33,36,38H,5-7,9,12-21,23H2,1-4H3/t25?,29?,30?,31?,32?,33-,34-,35+/m0/s1. The highest BCUT2D eigenvalue weighted by atomic mass is 16.5. The minimum Gasteiger partial charge on any atom is -0.494 e. The first kappa shape index (κ1) is 29.1. The molecular formula is C35H55NO3. The number of fused-ring (bicyclic) bond motifs is 5. The number of Topliss-reactive ketones (excluding diaryl/α,β-unsaturated/α-hetero) is 1. The fraction of sp³-hybridized carbons (Fsp3) is 0.800. The molecular weight excluding hydrogens is 482 g/mol. The Balaban J connectivity index is 1.25. The average molecular weight is 538 g/mol. The molecule has 0 aliphatic heterocycles. The molecule has 218 valence electrons. The van der Waals surface area contributed by atoms with E-state index < -0.39 is 0 Å². The van der Waals surface area contributed by atoms with E-state index in [-0.39, 0.29) is 11.5 Å². The fourth-order valence-electron chi connectivity index (χ4n) is 9.93. The first-order chi connectivity index (χ1) is 18.8. The zero-order valence-electron chi connectivity index (χ0n) is 25.2. The first-order valence-electron chi connectivity index (χ1n) is 16.5. The largest absolute Gasteiger partial charge is 0.494 e. The summed E-state index contributed by atoms with van der Waals surface area (Å²) in [4.78, 5) is 12.2. The van der Waals surface area contributed by atoms with Gasteiger partial charge in [0.2, 0.25) is 0 Å². The van der Waals surface area contributed by atoms with Crippen LogP contribution in [0.4, 0.5) is 0 Å². The highest BCUT2D eigenvalue weighted by Gasteiger charge is 2.61. The van der Waals surface area contributed by atoms with Crippen molar-refractivity contribution < 1.29 is 14.6 Å². The van der Waals surface area contributed by atoms with Crippen molar-refractivity contribution in [1.82, 2.24) is 5.32 Å².